The molecule has 2 amide bonds. The van der Waals surface area contributed by atoms with E-state index in [1.807, 2.05) is 54.7 Å². The number of hydrogen-bond donors (Lipinski definition) is 2. The SMILES string of the molecule is COC(=O)NC(=O)C[NH2+][C@@H](c1ccccc1)c1ccc(C)cc1. The highest BCUT2D eigenvalue weighted by molar-refractivity contribution is 5.92. The number of nitrogens with two attached hydrogens (primary N) is 1. The number of quaternary nitrogens is 1. The highest BCUT2D eigenvalue weighted by Crippen LogP contribution is 2.18. The van der Waals surface area contributed by atoms with Crippen LogP contribution in [0.2, 0.25) is 0 Å². The van der Waals surface area contributed by atoms with Crippen LogP contribution < -0.4 is 10.6 Å². The highest BCUT2D eigenvalue weighted by Gasteiger charge is 2.19. The number of nitrogens with one attached hydrogen (secondary N) is 1. The minimum absolute atomic E-state index is 0.0137. The van der Waals surface area contributed by atoms with E-state index in [0.29, 0.717) is 0 Å². The van der Waals surface area contributed by atoms with Gasteiger partial charge in [0.1, 0.15) is 6.04 Å². The summed E-state index contributed by atoms with van der Waals surface area (Å²) in [5.74, 6) is -0.384. The second-order valence-corrected chi connectivity index (χ2v) is 5.28. The number of hydrogen-bond acceptors (Lipinski definition) is 3. The Hall–Kier alpha value is -2.66. The van der Waals surface area contributed by atoms with Gasteiger partial charge in [0, 0.05) is 11.1 Å². The molecule has 0 saturated carbocycles. The van der Waals surface area contributed by atoms with Gasteiger partial charge in [0.15, 0.2) is 6.54 Å². The summed E-state index contributed by atoms with van der Waals surface area (Å²) in [6.45, 7) is 2.16. The first-order chi connectivity index (χ1) is 11.1. The van der Waals surface area contributed by atoms with Crippen LogP contribution in [0.4, 0.5) is 4.79 Å². The molecule has 2 aromatic carbocycles. The molecule has 5 heteroatoms. The van der Waals surface area contributed by atoms with Crippen LogP contribution in [0.5, 0.6) is 0 Å². The Morgan fingerprint density at radius 2 is 1.65 bits per heavy atom. The fourth-order valence-electron chi connectivity index (χ4n) is 2.34. The molecule has 0 unspecified atom stereocenters. The lowest BCUT2D eigenvalue weighted by molar-refractivity contribution is -0.676. The molecule has 0 aliphatic carbocycles. The molecule has 0 fully saturated rings. The summed E-state index contributed by atoms with van der Waals surface area (Å²) < 4.78 is 4.43. The van der Waals surface area contributed by atoms with E-state index >= 15 is 0 Å². The van der Waals surface area contributed by atoms with Gasteiger partial charge in [-0.05, 0) is 6.92 Å². The van der Waals surface area contributed by atoms with E-state index in [2.05, 4.69) is 22.2 Å². The highest BCUT2D eigenvalue weighted by atomic mass is 16.5. The van der Waals surface area contributed by atoms with E-state index in [-0.39, 0.29) is 18.5 Å². The lowest BCUT2D eigenvalue weighted by atomic mass is 9.98. The van der Waals surface area contributed by atoms with E-state index in [4.69, 9.17) is 0 Å². The first-order valence-electron chi connectivity index (χ1n) is 7.43. The fraction of sp³-hybridized carbons (Fsp3) is 0.222. The molecule has 0 radical (unpaired) electrons. The van der Waals surface area contributed by atoms with Gasteiger partial charge in [0.2, 0.25) is 0 Å². The van der Waals surface area contributed by atoms with Crippen LogP contribution >= 0.6 is 0 Å². The van der Waals surface area contributed by atoms with Gasteiger partial charge in [-0.1, -0.05) is 60.2 Å². The van der Waals surface area contributed by atoms with Crippen molar-refractivity contribution in [3.63, 3.8) is 0 Å². The van der Waals surface area contributed by atoms with Crippen molar-refractivity contribution in [2.24, 2.45) is 0 Å². The van der Waals surface area contributed by atoms with Crippen LogP contribution in [0.3, 0.4) is 0 Å². The van der Waals surface area contributed by atoms with Crippen molar-refractivity contribution in [3.8, 4) is 0 Å². The third-order valence-electron chi connectivity index (χ3n) is 3.56. The van der Waals surface area contributed by atoms with Gasteiger partial charge in [-0.2, -0.15) is 0 Å². The minimum Gasteiger partial charge on any atom is -0.453 e. The molecule has 2 aromatic rings. The summed E-state index contributed by atoms with van der Waals surface area (Å²) in [6, 6.07) is 18.2. The standard InChI is InChI=1S/C18H20N2O3/c1-13-8-10-15(11-9-13)17(14-6-4-3-5-7-14)19-12-16(21)20-18(22)23-2/h3-11,17,19H,12H2,1-2H3,(H,20,21,22)/p+1/t17-/m0/s1. The number of alkyl carbamates (subject to hydrolysis) is 1. The smallest absolute Gasteiger partial charge is 0.413 e. The molecule has 0 spiro atoms. The number of carbonyl (C=O) groups excluding carboxylic acids is 2. The molecule has 1 atom stereocenters. The lowest BCUT2D eigenvalue weighted by Gasteiger charge is -2.16. The number of methoxy groups -OCH3 is 1. The number of imide groups is 1. The summed E-state index contributed by atoms with van der Waals surface area (Å²) >= 11 is 0. The molecule has 5 nitrogen and oxygen atoms in total. The predicted octanol–water partition coefficient (Wildman–Crippen LogP) is 1.53. The maximum Gasteiger partial charge on any atom is 0.413 e. The molecular formula is C18H21N2O3+. The molecule has 0 aromatic heterocycles. The molecule has 0 saturated heterocycles. The van der Waals surface area contributed by atoms with E-state index in [9.17, 15) is 9.59 Å². The zero-order valence-corrected chi connectivity index (χ0v) is 13.3. The first kappa shape index (κ1) is 16.7. The Morgan fingerprint density at radius 3 is 2.26 bits per heavy atom. The van der Waals surface area contributed by atoms with Gasteiger partial charge in [-0.25, -0.2) is 4.79 Å². The second-order valence-electron chi connectivity index (χ2n) is 5.28. The van der Waals surface area contributed by atoms with Crippen LogP contribution in [0, 0.1) is 6.92 Å². The number of amides is 2. The summed E-state index contributed by atoms with van der Waals surface area (Å²) in [5.41, 5.74) is 3.39. The van der Waals surface area contributed by atoms with Crippen molar-refractivity contribution in [2.75, 3.05) is 13.7 Å². The quantitative estimate of drug-likeness (QED) is 0.879. The van der Waals surface area contributed by atoms with Gasteiger partial charge in [0.05, 0.1) is 7.11 Å². The zero-order valence-electron chi connectivity index (χ0n) is 13.3. The fourth-order valence-corrected chi connectivity index (χ4v) is 2.34. The Morgan fingerprint density at radius 1 is 1.04 bits per heavy atom. The van der Waals surface area contributed by atoms with Crippen molar-refractivity contribution in [1.29, 1.82) is 0 Å². The Kier molecular flexibility index (Phi) is 5.88. The zero-order chi connectivity index (χ0) is 16.7. The van der Waals surface area contributed by atoms with E-state index in [1.165, 1.54) is 12.7 Å². The Labute approximate surface area is 135 Å². The molecule has 0 heterocycles. The monoisotopic (exact) mass is 313 g/mol. The molecule has 120 valence electrons. The van der Waals surface area contributed by atoms with Gasteiger partial charge in [-0.3, -0.25) is 10.1 Å². The number of benzene rings is 2. The molecule has 0 bridgehead atoms. The molecule has 3 N–H and O–H groups in total. The molecule has 0 aliphatic rings. The van der Waals surface area contributed by atoms with Crippen molar-refractivity contribution in [3.05, 3.63) is 71.3 Å². The van der Waals surface area contributed by atoms with Crippen molar-refractivity contribution in [1.82, 2.24) is 5.32 Å². The van der Waals surface area contributed by atoms with Crippen LogP contribution in [0.15, 0.2) is 54.6 Å². The van der Waals surface area contributed by atoms with Gasteiger partial charge >= 0.3 is 6.09 Å². The minimum atomic E-state index is -0.741. The number of ether oxygens (including phenoxy) is 1. The van der Waals surface area contributed by atoms with Crippen molar-refractivity contribution < 1.29 is 19.6 Å². The summed E-state index contributed by atoms with van der Waals surface area (Å²) in [7, 11) is 1.23. The topological polar surface area (TPSA) is 72.0 Å². The van der Waals surface area contributed by atoms with Crippen molar-refractivity contribution in [2.45, 2.75) is 13.0 Å². The third-order valence-corrected chi connectivity index (χ3v) is 3.56. The summed E-state index contributed by atoms with van der Waals surface area (Å²) in [4.78, 5) is 22.9. The van der Waals surface area contributed by atoms with E-state index in [1.54, 1.807) is 0 Å². The van der Waals surface area contributed by atoms with Crippen LogP contribution in [0.25, 0.3) is 0 Å². The summed E-state index contributed by atoms with van der Waals surface area (Å²) in [5, 5.41) is 4.07. The van der Waals surface area contributed by atoms with Gasteiger partial charge in [0.25, 0.3) is 5.91 Å². The van der Waals surface area contributed by atoms with Crippen molar-refractivity contribution >= 4 is 12.0 Å². The lowest BCUT2D eigenvalue weighted by Crippen LogP contribution is -2.87. The third kappa shape index (κ3) is 4.93. The molecule has 23 heavy (non-hydrogen) atoms. The maximum atomic E-state index is 11.8. The molecular weight excluding hydrogens is 292 g/mol. The van der Waals surface area contributed by atoms with Gasteiger partial charge in [-0.15, -0.1) is 0 Å². The van der Waals surface area contributed by atoms with Crippen LogP contribution in [-0.2, 0) is 9.53 Å². The Bertz CT molecular complexity index is 654. The number of carbonyl (C=O) groups is 2. The van der Waals surface area contributed by atoms with Crippen LogP contribution in [0.1, 0.15) is 22.7 Å². The van der Waals surface area contributed by atoms with Gasteiger partial charge < -0.3 is 10.1 Å². The number of rotatable bonds is 5. The largest absolute Gasteiger partial charge is 0.453 e. The van der Waals surface area contributed by atoms with E-state index < -0.39 is 6.09 Å². The molecule has 2 rings (SSSR count). The Balaban J connectivity index is 2.13. The summed E-state index contributed by atoms with van der Waals surface area (Å²) in [6.07, 6.45) is -0.741. The first-order valence-corrected chi connectivity index (χ1v) is 7.43. The maximum absolute atomic E-state index is 11.8. The normalized spacial score (nSPS) is 11.6. The predicted molar refractivity (Wildman–Crippen MR) is 86.8 cm³/mol. The van der Waals surface area contributed by atoms with E-state index in [0.717, 1.165) is 11.1 Å². The second kappa shape index (κ2) is 8.10. The molecule has 0 aliphatic heterocycles. The number of aryl methyl sites for hydroxylation is 1. The average molecular weight is 313 g/mol. The average Bonchev–Trinajstić information content (AvgIpc) is 2.57. The van der Waals surface area contributed by atoms with Crippen LogP contribution in [-0.4, -0.2) is 25.7 Å².